The second-order valence-electron chi connectivity index (χ2n) is 5.32. The third-order valence-electron chi connectivity index (χ3n) is 3.65. The SMILES string of the molecule is CCc1cc(=O)n2c(n1)SCC2CC(=O)Nc1ccc(Cl)cc1. The van der Waals surface area contributed by atoms with E-state index in [1.54, 1.807) is 34.9 Å². The van der Waals surface area contributed by atoms with Gasteiger partial charge in [-0.25, -0.2) is 4.98 Å². The van der Waals surface area contributed by atoms with Crippen LogP contribution in [0, 0.1) is 0 Å². The number of aryl methyl sites for hydroxylation is 1. The Morgan fingerprint density at radius 2 is 2.17 bits per heavy atom. The molecule has 1 aliphatic rings. The Balaban J connectivity index is 1.72. The van der Waals surface area contributed by atoms with Crippen LogP contribution < -0.4 is 10.9 Å². The molecule has 5 nitrogen and oxygen atoms in total. The van der Waals surface area contributed by atoms with Gasteiger partial charge in [0.1, 0.15) is 0 Å². The van der Waals surface area contributed by atoms with Gasteiger partial charge >= 0.3 is 0 Å². The highest BCUT2D eigenvalue weighted by molar-refractivity contribution is 7.99. The van der Waals surface area contributed by atoms with Crippen LogP contribution in [0.5, 0.6) is 0 Å². The average Bonchev–Trinajstić information content (AvgIpc) is 2.92. The maximum atomic E-state index is 12.2. The predicted octanol–water partition coefficient (Wildman–Crippen LogP) is 3.13. The number of fused-ring (bicyclic) bond motifs is 1. The van der Waals surface area contributed by atoms with Crippen molar-refractivity contribution in [1.29, 1.82) is 0 Å². The monoisotopic (exact) mass is 349 g/mol. The van der Waals surface area contributed by atoms with Gasteiger partial charge in [-0.05, 0) is 30.7 Å². The van der Waals surface area contributed by atoms with Gasteiger partial charge in [0, 0.05) is 34.6 Å². The number of anilines is 1. The number of hydrogen-bond donors (Lipinski definition) is 1. The van der Waals surface area contributed by atoms with Crippen LogP contribution >= 0.6 is 23.4 Å². The molecule has 0 fully saturated rings. The lowest BCUT2D eigenvalue weighted by molar-refractivity contribution is -0.116. The number of nitrogens with zero attached hydrogens (tertiary/aromatic N) is 2. The lowest BCUT2D eigenvalue weighted by Gasteiger charge is -2.13. The number of aromatic nitrogens is 2. The van der Waals surface area contributed by atoms with E-state index in [2.05, 4.69) is 10.3 Å². The van der Waals surface area contributed by atoms with Crippen LogP contribution in [0.4, 0.5) is 5.69 Å². The van der Waals surface area contributed by atoms with Crippen molar-refractivity contribution in [3.8, 4) is 0 Å². The van der Waals surface area contributed by atoms with Crippen molar-refractivity contribution in [2.45, 2.75) is 31.0 Å². The van der Waals surface area contributed by atoms with Crippen LogP contribution in [0.3, 0.4) is 0 Å². The number of thioether (sulfide) groups is 1. The van der Waals surface area contributed by atoms with E-state index in [-0.39, 0.29) is 23.9 Å². The lowest BCUT2D eigenvalue weighted by atomic mass is 10.2. The Labute approximate surface area is 143 Å². The molecule has 1 amide bonds. The highest BCUT2D eigenvalue weighted by Crippen LogP contribution is 2.32. The van der Waals surface area contributed by atoms with E-state index in [4.69, 9.17) is 11.6 Å². The number of halogens is 1. The molecule has 7 heteroatoms. The number of hydrogen-bond acceptors (Lipinski definition) is 4. The number of benzene rings is 1. The summed E-state index contributed by atoms with van der Waals surface area (Å²) in [6.07, 6.45) is 0.973. The molecule has 1 atom stereocenters. The first kappa shape index (κ1) is 16.1. The highest BCUT2D eigenvalue weighted by atomic mass is 35.5. The Hall–Kier alpha value is -1.79. The molecule has 3 rings (SSSR count). The van der Waals surface area contributed by atoms with Crippen LogP contribution in [-0.4, -0.2) is 21.2 Å². The van der Waals surface area contributed by atoms with Gasteiger partial charge in [-0.15, -0.1) is 0 Å². The third kappa shape index (κ3) is 3.59. The highest BCUT2D eigenvalue weighted by Gasteiger charge is 2.27. The van der Waals surface area contributed by atoms with Crippen LogP contribution in [0.1, 0.15) is 25.1 Å². The summed E-state index contributed by atoms with van der Waals surface area (Å²) in [5.74, 6) is 0.556. The molecule has 1 aliphatic heterocycles. The van der Waals surface area contributed by atoms with Crippen molar-refractivity contribution in [3.63, 3.8) is 0 Å². The van der Waals surface area contributed by atoms with E-state index in [0.29, 0.717) is 21.6 Å². The van der Waals surface area contributed by atoms with Gasteiger partial charge in [0.15, 0.2) is 5.16 Å². The molecule has 0 saturated carbocycles. The summed E-state index contributed by atoms with van der Waals surface area (Å²) in [5.41, 5.74) is 1.40. The second-order valence-corrected chi connectivity index (χ2v) is 6.74. The minimum Gasteiger partial charge on any atom is -0.326 e. The fraction of sp³-hybridized carbons (Fsp3) is 0.312. The van der Waals surface area contributed by atoms with E-state index in [0.717, 1.165) is 12.1 Å². The minimum atomic E-state index is -0.159. The van der Waals surface area contributed by atoms with Crippen LogP contribution in [0.2, 0.25) is 5.02 Å². The Morgan fingerprint density at radius 3 is 2.87 bits per heavy atom. The molecular formula is C16H16ClN3O2S. The van der Waals surface area contributed by atoms with Crippen molar-refractivity contribution in [2.24, 2.45) is 0 Å². The summed E-state index contributed by atoms with van der Waals surface area (Å²) in [6, 6.07) is 8.34. The molecule has 23 heavy (non-hydrogen) atoms. The molecule has 1 N–H and O–H groups in total. The fourth-order valence-corrected chi connectivity index (χ4v) is 3.78. The zero-order chi connectivity index (χ0) is 16.4. The standard InChI is InChI=1S/C16H16ClN3O2S/c1-2-11-7-15(22)20-13(9-23-16(20)19-11)8-14(21)18-12-5-3-10(17)4-6-12/h3-7,13H,2,8-9H2,1H3,(H,18,21). The summed E-state index contributed by atoms with van der Waals surface area (Å²) in [4.78, 5) is 28.9. The Kier molecular flexibility index (Phi) is 4.73. The first-order chi connectivity index (χ1) is 11.1. The Morgan fingerprint density at radius 1 is 1.43 bits per heavy atom. The molecule has 0 radical (unpaired) electrons. The zero-order valence-corrected chi connectivity index (χ0v) is 14.2. The zero-order valence-electron chi connectivity index (χ0n) is 12.6. The topological polar surface area (TPSA) is 64.0 Å². The summed E-state index contributed by atoms with van der Waals surface area (Å²) >= 11 is 7.35. The van der Waals surface area contributed by atoms with Crippen molar-refractivity contribution in [2.75, 3.05) is 11.1 Å². The van der Waals surface area contributed by atoms with Gasteiger partial charge in [0.25, 0.3) is 5.56 Å². The van der Waals surface area contributed by atoms with E-state index in [9.17, 15) is 9.59 Å². The third-order valence-corrected chi connectivity index (χ3v) is 5.00. The number of amides is 1. The van der Waals surface area contributed by atoms with E-state index < -0.39 is 0 Å². The average molecular weight is 350 g/mol. The molecular weight excluding hydrogens is 334 g/mol. The molecule has 1 aromatic carbocycles. The van der Waals surface area contributed by atoms with Gasteiger partial charge in [-0.2, -0.15) is 0 Å². The molecule has 1 aromatic heterocycles. The number of carbonyl (C=O) groups excluding carboxylic acids is 1. The number of carbonyl (C=O) groups is 1. The first-order valence-corrected chi connectivity index (χ1v) is 8.74. The Bertz CT molecular complexity index is 789. The number of nitrogens with one attached hydrogen (secondary N) is 1. The summed E-state index contributed by atoms with van der Waals surface area (Å²) in [6.45, 7) is 1.97. The molecule has 120 valence electrons. The first-order valence-electron chi connectivity index (χ1n) is 7.37. The normalized spacial score (nSPS) is 16.2. The summed E-state index contributed by atoms with van der Waals surface area (Å²) in [7, 11) is 0. The quantitative estimate of drug-likeness (QED) is 0.861. The largest absolute Gasteiger partial charge is 0.326 e. The van der Waals surface area contributed by atoms with Crippen LogP contribution in [0.25, 0.3) is 0 Å². The molecule has 0 spiro atoms. The van der Waals surface area contributed by atoms with Crippen LogP contribution in [0.15, 0.2) is 40.3 Å². The van der Waals surface area contributed by atoms with Gasteiger partial charge in [-0.1, -0.05) is 30.3 Å². The van der Waals surface area contributed by atoms with Crippen molar-refractivity contribution >= 4 is 35.0 Å². The molecule has 0 bridgehead atoms. The number of rotatable bonds is 4. The maximum Gasteiger partial charge on any atom is 0.254 e. The maximum absolute atomic E-state index is 12.2. The van der Waals surface area contributed by atoms with Crippen LogP contribution in [-0.2, 0) is 11.2 Å². The van der Waals surface area contributed by atoms with Crippen molar-refractivity contribution < 1.29 is 4.79 Å². The lowest BCUT2D eigenvalue weighted by Crippen LogP contribution is -2.27. The minimum absolute atomic E-state index is 0.0823. The molecule has 0 saturated heterocycles. The van der Waals surface area contributed by atoms with Crippen molar-refractivity contribution in [1.82, 2.24) is 9.55 Å². The van der Waals surface area contributed by atoms with E-state index >= 15 is 0 Å². The summed E-state index contributed by atoms with van der Waals surface area (Å²) in [5, 5.41) is 4.15. The van der Waals surface area contributed by atoms with Gasteiger partial charge < -0.3 is 5.32 Å². The van der Waals surface area contributed by atoms with Gasteiger partial charge in [0.05, 0.1) is 6.04 Å². The second kappa shape index (κ2) is 6.76. The van der Waals surface area contributed by atoms with Gasteiger partial charge in [-0.3, -0.25) is 14.2 Å². The molecule has 2 aromatic rings. The molecule has 1 unspecified atom stereocenters. The predicted molar refractivity (Wildman–Crippen MR) is 92.3 cm³/mol. The smallest absolute Gasteiger partial charge is 0.254 e. The van der Waals surface area contributed by atoms with Gasteiger partial charge in [0.2, 0.25) is 5.91 Å². The molecule has 0 aliphatic carbocycles. The van der Waals surface area contributed by atoms with Crippen molar-refractivity contribution in [3.05, 3.63) is 51.4 Å². The summed E-state index contributed by atoms with van der Waals surface area (Å²) < 4.78 is 1.63. The van der Waals surface area contributed by atoms with E-state index in [1.165, 1.54) is 11.8 Å². The fourth-order valence-electron chi connectivity index (χ4n) is 2.49. The van der Waals surface area contributed by atoms with E-state index in [1.807, 2.05) is 6.92 Å². The molecule has 2 heterocycles.